The smallest absolute Gasteiger partial charge is 0.269 e. The zero-order chi connectivity index (χ0) is 12.8. The molecular weight excluding hydrogens is 216 g/mol. The summed E-state index contributed by atoms with van der Waals surface area (Å²) in [5.74, 6) is 0.506. The molecule has 0 bridgehead atoms. The molecule has 4 heteroatoms. The Morgan fingerprint density at radius 3 is 2.35 bits per heavy atom. The first-order valence-electron chi connectivity index (χ1n) is 5.99. The van der Waals surface area contributed by atoms with Crippen LogP contribution in [0.25, 0.3) is 0 Å². The van der Waals surface area contributed by atoms with Crippen molar-refractivity contribution in [2.24, 2.45) is 11.7 Å². The lowest BCUT2D eigenvalue weighted by atomic mass is 9.98. The van der Waals surface area contributed by atoms with Gasteiger partial charge in [0.25, 0.3) is 5.69 Å². The molecule has 0 aliphatic carbocycles. The van der Waals surface area contributed by atoms with E-state index in [-0.39, 0.29) is 16.7 Å². The largest absolute Gasteiger partial charge is 0.327 e. The lowest BCUT2D eigenvalue weighted by molar-refractivity contribution is -0.384. The third-order valence-electron chi connectivity index (χ3n) is 3.01. The molecule has 0 aromatic heterocycles. The van der Waals surface area contributed by atoms with Crippen molar-refractivity contribution in [2.45, 2.75) is 39.2 Å². The normalized spacial score (nSPS) is 12.7. The lowest BCUT2D eigenvalue weighted by Crippen LogP contribution is -2.26. The summed E-state index contributed by atoms with van der Waals surface area (Å²) in [6, 6.07) is 6.99. The third-order valence-corrected chi connectivity index (χ3v) is 3.01. The predicted octanol–water partition coefficient (Wildman–Crippen LogP) is 2.90. The summed E-state index contributed by atoms with van der Waals surface area (Å²) in [6.07, 6.45) is 2.95. The molecule has 4 nitrogen and oxygen atoms in total. The highest BCUT2D eigenvalue weighted by Crippen LogP contribution is 2.14. The number of non-ortho nitro benzene ring substituents is 1. The van der Waals surface area contributed by atoms with E-state index < -0.39 is 0 Å². The summed E-state index contributed by atoms with van der Waals surface area (Å²) < 4.78 is 0. The number of nitro groups is 1. The van der Waals surface area contributed by atoms with Crippen molar-refractivity contribution < 1.29 is 4.92 Å². The maximum Gasteiger partial charge on any atom is 0.269 e. The van der Waals surface area contributed by atoms with Crippen molar-refractivity contribution in [3.63, 3.8) is 0 Å². The number of rotatable bonds is 6. The van der Waals surface area contributed by atoms with Crippen LogP contribution in [0.15, 0.2) is 24.3 Å². The van der Waals surface area contributed by atoms with Gasteiger partial charge < -0.3 is 5.73 Å². The van der Waals surface area contributed by atoms with E-state index in [0.29, 0.717) is 5.92 Å². The maximum absolute atomic E-state index is 10.5. The Labute approximate surface area is 102 Å². The van der Waals surface area contributed by atoms with Crippen LogP contribution in [0.1, 0.15) is 32.3 Å². The van der Waals surface area contributed by atoms with E-state index >= 15 is 0 Å². The van der Waals surface area contributed by atoms with Gasteiger partial charge in [-0.15, -0.1) is 0 Å². The standard InChI is InChI=1S/C13H20N2O2/c1-10(2)13(14)5-3-4-11-6-8-12(9-7-11)15(16)17/h6-10,13H,3-5,14H2,1-2H3. The first kappa shape index (κ1) is 13.6. The molecule has 0 radical (unpaired) electrons. The fourth-order valence-electron chi connectivity index (χ4n) is 1.66. The van der Waals surface area contributed by atoms with E-state index in [9.17, 15) is 10.1 Å². The highest BCUT2D eigenvalue weighted by Gasteiger charge is 2.07. The zero-order valence-electron chi connectivity index (χ0n) is 10.4. The van der Waals surface area contributed by atoms with Gasteiger partial charge in [-0.3, -0.25) is 10.1 Å². The predicted molar refractivity (Wildman–Crippen MR) is 68.8 cm³/mol. The number of benzene rings is 1. The van der Waals surface area contributed by atoms with Gasteiger partial charge in [0.15, 0.2) is 0 Å². The van der Waals surface area contributed by atoms with E-state index in [2.05, 4.69) is 13.8 Å². The minimum absolute atomic E-state index is 0.146. The number of nitrogens with two attached hydrogens (primary N) is 1. The van der Waals surface area contributed by atoms with Crippen molar-refractivity contribution in [3.05, 3.63) is 39.9 Å². The second-order valence-corrected chi connectivity index (χ2v) is 4.72. The number of hydrogen-bond acceptors (Lipinski definition) is 3. The van der Waals surface area contributed by atoms with Gasteiger partial charge >= 0.3 is 0 Å². The van der Waals surface area contributed by atoms with Crippen LogP contribution in [0.2, 0.25) is 0 Å². The van der Waals surface area contributed by atoms with Gasteiger partial charge in [0.2, 0.25) is 0 Å². The first-order chi connectivity index (χ1) is 8.00. The van der Waals surface area contributed by atoms with Gasteiger partial charge in [0, 0.05) is 18.2 Å². The van der Waals surface area contributed by atoms with Gasteiger partial charge in [0.1, 0.15) is 0 Å². The molecule has 0 fully saturated rings. The summed E-state index contributed by atoms with van der Waals surface area (Å²) in [5.41, 5.74) is 7.23. The van der Waals surface area contributed by atoms with Crippen molar-refractivity contribution in [1.82, 2.24) is 0 Å². The van der Waals surface area contributed by atoms with Crippen LogP contribution in [0.5, 0.6) is 0 Å². The van der Waals surface area contributed by atoms with Gasteiger partial charge in [-0.1, -0.05) is 26.0 Å². The van der Waals surface area contributed by atoms with E-state index in [1.165, 1.54) is 0 Å². The highest BCUT2D eigenvalue weighted by atomic mass is 16.6. The molecule has 0 saturated carbocycles. The molecule has 1 atom stereocenters. The van der Waals surface area contributed by atoms with E-state index in [4.69, 9.17) is 5.73 Å². The van der Waals surface area contributed by atoms with Crippen LogP contribution in [0.4, 0.5) is 5.69 Å². The van der Waals surface area contributed by atoms with Gasteiger partial charge in [-0.2, -0.15) is 0 Å². The molecule has 17 heavy (non-hydrogen) atoms. The van der Waals surface area contributed by atoms with Crippen LogP contribution in [0.3, 0.4) is 0 Å². The monoisotopic (exact) mass is 236 g/mol. The van der Waals surface area contributed by atoms with Crippen molar-refractivity contribution in [3.8, 4) is 0 Å². The van der Waals surface area contributed by atoms with Gasteiger partial charge in [-0.05, 0) is 30.7 Å². The number of hydrogen-bond donors (Lipinski definition) is 1. The quantitative estimate of drug-likeness (QED) is 0.610. The molecular formula is C13H20N2O2. The molecule has 1 unspecified atom stereocenters. The van der Waals surface area contributed by atoms with Crippen molar-refractivity contribution in [1.29, 1.82) is 0 Å². The van der Waals surface area contributed by atoms with Crippen molar-refractivity contribution in [2.75, 3.05) is 0 Å². The second kappa shape index (κ2) is 6.35. The Balaban J connectivity index is 2.40. The Hall–Kier alpha value is -1.42. The van der Waals surface area contributed by atoms with Gasteiger partial charge in [0.05, 0.1) is 4.92 Å². The molecule has 0 saturated heterocycles. The number of aryl methyl sites for hydroxylation is 1. The zero-order valence-corrected chi connectivity index (χ0v) is 10.4. The summed E-state index contributed by atoms with van der Waals surface area (Å²) in [5, 5.41) is 10.5. The topological polar surface area (TPSA) is 69.2 Å². The van der Waals surface area contributed by atoms with Crippen LogP contribution >= 0.6 is 0 Å². The highest BCUT2D eigenvalue weighted by molar-refractivity contribution is 5.32. The molecule has 0 amide bonds. The molecule has 0 aliphatic rings. The average molecular weight is 236 g/mol. The van der Waals surface area contributed by atoms with E-state index in [1.807, 2.05) is 12.1 Å². The Kier molecular flexibility index (Phi) is 5.10. The molecule has 94 valence electrons. The molecule has 0 spiro atoms. The van der Waals surface area contributed by atoms with E-state index in [0.717, 1.165) is 24.8 Å². The Bertz CT molecular complexity index is 360. The molecule has 1 aromatic carbocycles. The molecule has 2 N–H and O–H groups in total. The number of nitrogens with zero attached hydrogens (tertiary/aromatic N) is 1. The van der Waals surface area contributed by atoms with Gasteiger partial charge in [-0.25, -0.2) is 0 Å². The minimum atomic E-state index is -0.377. The Morgan fingerprint density at radius 1 is 1.29 bits per heavy atom. The van der Waals surface area contributed by atoms with Crippen molar-refractivity contribution >= 4 is 5.69 Å². The minimum Gasteiger partial charge on any atom is -0.327 e. The summed E-state index contributed by atoms with van der Waals surface area (Å²) in [6.45, 7) is 4.24. The Morgan fingerprint density at radius 2 is 1.88 bits per heavy atom. The summed E-state index contributed by atoms with van der Waals surface area (Å²) in [4.78, 5) is 10.1. The van der Waals surface area contributed by atoms with Crippen LogP contribution < -0.4 is 5.73 Å². The summed E-state index contributed by atoms with van der Waals surface area (Å²) >= 11 is 0. The molecule has 0 heterocycles. The summed E-state index contributed by atoms with van der Waals surface area (Å²) in [7, 11) is 0. The van der Waals surface area contributed by atoms with E-state index in [1.54, 1.807) is 12.1 Å². The fraction of sp³-hybridized carbons (Fsp3) is 0.538. The second-order valence-electron chi connectivity index (χ2n) is 4.72. The average Bonchev–Trinajstić information content (AvgIpc) is 2.29. The van der Waals surface area contributed by atoms with Crippen LogP contribution in [-0.4, -0.2) is 11.0 Å². The maximum atomic E-state index is 10.5. The third kappa shape index (κ3) is 4.53. The van der Waals surface area contributed by atoms with Crippen LogP contribution in [-0.2, 0) is 6.42 Å². The fourth-order valence-corrected chi connectivity index (χ4v) is 1.66. The number of nitro benzene ring substituents is 1. The molecule has 0 aliphatic heterocycles. The molecule has 1 aromatic rings. The lowest BCUT2D eigenvalue weighted by Gasteiger charge is -2.14. The molecule has 1 rings (SSSR count). The van der Waals surface area contributed by atoms with Crippen LogP contribution in [0, 0.1) is 16.0 Å². The first-order valence-corrected chi connectivity index (χ1v) is 5.99. The SMILES string of the molecule is CC(C)C(N)CCCc1ccc([N+](=O)[O-])cc1.